The Morgan fingerprint density at radius 2 is 1.00 bits per heavy atom. The van der Waals surface area contributed by atoms with Crippen molar-refractivity contribution in [1.29, 1.82) is 0 Å². The Morgan fingerprint density at radius 3 is 1.38 bits per heavy atom. The van der Waals surface area contributed by atoms with Gasteiger partial charge in [0.25, 0.3) is 0 Å². The van der Waals surface area contributed by atoms with Gasteiger partial charge in [-0.3, -0.25) is 0 Å². The van der Waals surface area contributed by atoms with Crippen LogP contribution in [0.2, 0.25) is 0 Å². The summed E-state index contributed by atoms with van der Waals surface area (Å²) >= 11 is 0. The van der Waals surface area contributed by atoms with Crippen molar-refractivity contribution in [2.45, 2.75) is 26.1 Å². The molecule has 176 valence electrons. The van der Waals surface area contributed by atoms with E-state index in [1.54, 1.807) is 0 Å². The molecule has 32 heavy (non-hydrogen) atoms. The smallest absolute Gasteiger partial charge is 0.424 e. The van der Waals surface area contributed by atoms with E-state index in [9.17, 15) is 4.79 Å². The SMILES string of the molecule is CCOCCOCC(OC(=O)OC(COCCOCC)c1ccccc1)c1ccccc1. The predicted molar refractivity (Wildman–Crippen MR) is 121 cm³/mol. The van der Waals surface area contributed by atoms with Crippen LogP contribution >= 0.6 is 0 Å². The zero-order valence-corrected chi connectivity index (χ0v) is 18.9. The molecule has 2 rings (SSSR count). The van der Waals surface area contributed by atoms with Gasteiger partial charge in [-0.1, -0.05) is 60.7 Å². The van der Waals surface area contributed by atoms with Crippen LogP contribution in [0.3, 0.4) is 0 Å². The maximum atomic E-state index is 12.7. The standard InChI is InChI=1S/C25H34O7/c1-3-27-15-17-29-19-23(21-11-7-5-8-12-21)31-25(26)32-24(20-30-18-16-28-4-2)22-13-9-6-10-14-22/h5-14,23-24H,3-4,15-20H2,1-2H3. The first-order valence-corrected chi connectivity index (χ1v) is 11.0. The number of rotatable bonds is 16. The van der Waals surface area contributed by atoms with E-state index >= 15 is 0 Å². The molecule has 7 heteroatoms. The topological polar surface area (TPSA) is 72.5 Å². The maximum absolute atomic E-state index is 12.7. The van der Waals surface area contributed by atoms with Gasteiger partial charge in [-0.2, -0.15) is 0 Å². The molecule has 0 heterocycles. The van der Waals surface area contributed by atoms with Gasteiger partial charge in [0.15, 0.2) is 12.2 Å². The van der Waals surface area contributed by atoms with Gasteiger partial charge in [0, 0.05) is 13.2 Å². The maximum Gasteiger partial charge on any atom is 0.509 e. The second-order valence-corrected chi connectivity index (χ2v) is 6.83. The largest absolute Gasteiger partial charge is 0.509 e. The van der Waals surface area contributed by atoms with Gasteiger partial charge in [0.2, 0.25) is 0 Å². The molecule has 2 aromatic carbocycles. The van der Waals surface area contributed by atoms with Crippen LogP contribution in [-0.2, 0) is 28.4 Å². The summed E-state index contributed by atoms with van der Waals surface area (Å²) < 4.78 is 33.1. The van der Waals surface area contributed by atoms with Gasteiger partial charge in [0.1, 0.15) is 0 Å². The van der Waals surface area contributed by atoms with Crippen molar-refractivity contribution in [3.05, 3.63) is 71.8 Å². The summed E-state index contributed by atoms with van der Waals surface area (Å²) in [6.45, 7) is 7.30. The molecule has 0 fully saturated rings. The first-order chi connectivity index (χ1) is 15.7. The molecule has 0 radical (unpaired) electrons. The first-order valence-electron chi connectivity index (χ1n) is 11.0. The van der Waals surface area contributed by atoms with Gasteiger partial charge >= 0.3 is 6.16 Å². The van der Waals surface area contributed by atoms with Crippen molar-refractivity contribution < 1.29 is 33.2 Å². The lowest BCUT2D eigenvalue weighted by molar-refractivity contribution is -0.0578. The molecule has 0 saturated heterocycles. The molecule has 0 bridgehead atoms. The summed E-state index contributed by atoms with van der Waals surface area (Å²) in [5.74, 6) is 0. The molecule has 7 nitrogen and oxygen atoms in total. The Hall–Kier alpha value is -2.45. The minimum atomic E-state index is -0.783. The molecule has 0 saturated carbocycles. The quantitative estimate of drug-likeness (QED) is 0.273. The van der Waals surface area contributed by atoms with Crippen molar-refractivity contribution >= 4 is 6.16 Å². The van der Waals surface area contributed by atoms with Crippen LogP contribution in [0.1, 0.15) is 37.2 Å². The number of hydrogen-bond acceptors (Lipinski definition) is 7. The van der Waals surface area contributed by atoms with Crippen LogP contribution in [0.15, 0.2) is 60.7 Å². The summed E-state index contributed by atoms with van der Waals surface area (Å²) in [6, 6.07) is 18.9. The Balaban J connectivity index is 1.96. The van der Waals surface area contributed by atoms with E-state index in [1.807, 2.05) is 74.5 Å². The number of benzene rings is 2. The monoisotopic (exact) mass is 446 g/mol. The Bertz CT molecular complexity index is 662. The van der Waals surface area contributed by atoms with Gasteiger partial charge in [0.05, 0.1) is 39.6 Å². The van der Waals surface area contributed by atoms with Crippen molar-refractivity contribution in [2.75, 3.05) is 52.9 Å². The number of ether oxygens (including phenoxy) is 6. The minimum absolute atomic E-state index is 0.201. The summed E-state index contributed by atoms with van der Waals surface area (Å²) in [4.78, 5) is 12.7. The highest BCUT2D eigenvalue weighted by molar-refractivity contribution is 5.61. The number of carbonyl (C=O) groups is 1. The molecular formula is C25H34O7. The second kappa shape index (κ2) is 16.2. The molecule has 2 aromatic rings. The average molecular weight is 447 g/mol. The van der Waals surface area contributed by atoms with Crippen LogP contribution in [0.4, 0.5) is 4.79 Å². The summed E-state index contributed by atoms with van der Waals surface area (Å²) in [5.41, 5.74) is 1.65. The molecular weight excluding hydrogens is 412 g/mol. The third-order valence-electron chi connectivity index (χ3n) is 4.51. The van der Waals surface area contributed by atoms with E-state index in [0.717, 1.165) is 11.1 Å². The Morgan fingerprint density at radius 1 is 0.625 bits per heavy atom. The molecule has 0 aliphatic carbocycles. The van der Waals surface area contributed by atoms with Gasteiger partial charge in [-0.25, -0.2) is 4.79 Å². The van der Waals surface area contributed by atoms with Crippen LogP contribution < -0.4 is 0 Å². The molecule has 0 aliphatic heterocycles. The van der Waals surface area contributed by atoms with Crippen LogP contribution in [0.5, 0.6) is 0 Å². The van der Waals surface area contributed by atoms with E-state index in [1.165, 1.54) is 0 Å². The lowest BCUT2D eigenvalue weighted by Gasteiger charge is -2.22. The van der Waals surface area contributed by atoms with Crippen LogP contribution in [0, 0.1) is 0 Å². The number of hydrogen-bond donors (Lipinski definition) is 0. The molecule has 0 spiro atoms. The predicted octanol–water partition coefficient (Wildman–Crippen LogP) is 4.73. The highest BCUT2D eigenvalue weighted by Crippen LogP contribution is 2.23. The molecule has 2 atom stereocenters. The first kappa shape index (κ1) is 25.8. The molecule has 2 unspecified atom stereocenters. The minimum Gasteiger partial charge on any atom is -0.424 e. The van der Waals surface area contributed by atoms with Crippen LogP contribution in [0.25, 0.3) is 0 Å². The molecule has 0 amide bonds. The summed E-state index contributed by atoms with van der Waals surface area (Å²) in [5, 5.41) is 0. The lowest BCUT2D eigenvalue weighted by Crippen LogP contribution is -2.22. The van der Waals surface area contributed by atoms with Crippen molar-refractivity contribution in [3.63, 3.8) is 0 Å². The van der Waals surface area contributed by atoms with Crippen molar-refractivity contribution in [3.8, 4) is 0 Å². The second-order valence-electron chi connectivity index (χ2n) is 6.83. The molecule has 0 N–H and O–H groups in total. The summed E-state index contributed by atoms with van der Waals surface area (Å²) in [7, 11) is 0. The van der Waals surface area contributed by atoms with Crippen molar-refractivity contribution in [1.82, 2.24) is 0 Å². The fraction of sp³-hybridized carbons (Fsp3) is 0.480. The van der Waals surface area contributed by atoms with Crippen LogP contribution in [-0.4, -0.2) is 59.0 Å². The van der Waals surface area contributed by atoms with Gasteiger partial charge < -0.3 is 28.4 Å². The van der Waals surface area contributed by atoms with Crippen molar-refractivity contribution in [2.24, 2.45) is 0 Å². The highest BCUT2D eigenvalue weighted by Gasteiger charge is 2.23. The zero-order chi connectivity index (χ0) is 22.9. The number of carbonyl (C=O) groups excluding carboxylic acids is 1. The highest BCUT2D eigenvalue weighted by atomic mass is 16.7. The average Bonchev–Trinajstić information content (AvgIpc) is 2.83. The lowest BCUT2D eigenvalue weighted by atomic mass is 10.1. The molecule has 0 aliphatic rings. The molecule has 0 aromatic heterocycles. The fourth-order valence-electron chi connectivity index (χ4n) is 2.90. The van der Waals surface area contributed by atoms with E-state index in [-0.39, 0.29) is 13.2 Å². The Kier molecular flexibility index (Phi) is 13.1. The third kappa shape index (κ3) is 10.2. The zero-order valence-electron chi connectivity index (χ0n) is 18.9. The normalized spacial score (nSPS) is 12.8. The van der Waals surface area contributed by atoms with Gasteiger partial charge in [-0.15, -0.1) is 0 Å². The van der Waals surface area contributed by atoms with E-state index < -0.39 is 18.4 Å². The summed E-state index contributed by atoms with van der Waals surface area (Å²) in [6.07, 6.45) is -1.98. The Labute approximate surface area is 190 Å². The van der Waals surface area contributed by atoms with Gasteiger partial charge in [-0.05, 0) is 25.0 Å². The fourth-order valence-corrected chi connectivity index (χ4v) is 2.90. The van der Waals surface area contributed by atoms with E-state index in [0.29, 0.717) is 39.6 Å². The van der Waals surface area contributed by atoms with E-state index in [2.05, 4.69) is 0 Å². The van der Waals surface area contributed by atoms with E-state index in [4.69, 9.17) is 28.4 Å². The third-order valence-corrected chi connectivity index (χ3v) is 4.51.